The highest BCUT2D eigenvalue weighted by atomic mass is 16.1. The quantitative estimate of drug-likeness (QED) is 0.762. The zero-order valence-corrected chi connectivity index (χ0v) is 11.3. The predicted molar refractivity (Wildman–Crippen MR) is 76.6 cm³/mol. The third kappa shape index (κ3) is 2.48. The van der Waals surface area contributed by atoms with Gasteiger partial charge in [0.15, 0.2) is 5.78 Å². The number of carbonyl (C=O) groups is 1. The summed E-state index contributed by atoms with van der Waals surface area (Å²) in [5.41, 5.74) is 3.80. The third-order valence-corrected chi connectivity index (χ3v) is 4.08. The van der Waals surface area contributed by atoms with Crippen LogP contribution in [0.25, 0.3) is 0 Å². The average Bonchev–Trinajstić information content (AvgIpc) is 2.88. The maximum Gasteiger partial charge on any atom is 0.161 e. The molecule has 0 radical (unpaired) electrons. The van der Waals surface area contributed by atoms with Crippen molar-refractivity contribution in [3.63, 3.8) is 0 Å². The van der Waals surface area contributed by atoms with Crippen molar-refractivity contribution in [2.75, 3.05) is 0 Å². The first-order valence-corrected chi connectivity index (χ1v) is 6.98. The number of aryl methyl sites for hydroxylation is 1. The van der Waals surface area contributed by atoms with Gasteiger partial charge in [-0.2, -0.15) is 0 Å². The van der Waals surface area contributed by atoms with Gasteiger partial charge in [-0.15, -0.1) is 0 Å². The van der Waals surface area contributed by atoms with Crippen LogP contribution in [0.5, 0.6) is 0 Å². The second kappa shape index (κ2) is 5.04. The van der Waals surface area contributed by atoms with Crippen molar-refractivity contribution >= 4 is 5.78 Å². The highest BCUT2D eigenvalue weighted by Crippen LogP contribution is 2.32. The van der Waals surface area contributed by atoms with Crippen LogP contribution in [0, 0.1) is 0 Å². The number of ketones is 1. The number of Topliss-reactive ketones (excluding diaryl/α,β-unsaturated/α-hetero) is 1. The van der Waals surface area contributed by atoms with Crippen LogP contribution in [0.15, 0.2) is 42.7 Å². The second-order valence-electron chi connectivity index (χ2n) is 5.44. The van der Waals surface area contributed by atoms with Crippen molar-refractivity contribution in [2.24, 2.45) is 0 Å². The van der Waals surface area contributed by atoms with E-state index >= 15 is 0 Å². The van der Waals surface area contributed by atoms with E-state index in [1.54, 1.807) is 6.92 Å². The number of benzene rings is 1. The van der Waals surface area contributed by atoms with Crippen LogP contribution in [0.2, 0.25) is 0 Å². The van der Waals surface area contributed by atoms with Crippen LogP contribution in [-0.2, 0) is 13.0 Å². The molecule has 0 amide bonds. The van der Waals surface area contributed by atoms with Gasteiger partial charge in [-0.3, -0.25) is 4.79 Å². The monoisotopic (exact) mass is 253 g/mol. The van der Waals surface area contributed by atoms with E-state index < -0.39 is 0 Å². The number of nitrogens with zero attached hydrogens (tertiary/aromatic N) is 1. The maximum atomic E-state index is 11.3. The van der Waals surface area contributed by atoms with Gasteiger partial charge < -0.3 is 4.57 Å². The summed E-state index contributed by atoms with van der Waals surface area (Å²) in [6, 6.07) is 10.7. The van der Waals surface area contributed by atoms with Crippen LogP contribution in [0.3, 0.4) is 0 Å². The molecular formula is C17H19NO. The van der Waals surface area contributed by atoms with Crippen LogP contribution in [0.4, 0.5) is 0 Å². The van der Waals surface area contributed by atoms with Crippen LogP contribution in [0.1, 0.15) is 47.2 Å². The van der Waals surface area contributed by atoms with Crippen molar-refractivity contribution in [1.29, 1.82) is 0 Å². The second-order valence-corrected chi connectivity index (χ2v) is 5.44. The molecule has 3 rings (SSSR count). The molecule has 0 N–H and O–H groups in total. The van der Waals surface area contributed by atoms with E-state index in [1.165, 1.54) is 30.4 Å². The summed E-state index contributed by atoms with van der Waals surface area (Å²) in [6.07, 6.45) is 7.71. The number of rotatable bonds is 3. The smallest absolute Gasteiger partial charge is 0.161 e. The Kier molecular flexibility index (Phi) is 3.24. The Labute approximate surface area is 114 Å². The van der Waals surface area contributed by atoms with Gasteiger partial charge in [0.1, 0.15) is 0 Å². The van der Waals surface area contributed by atoms with E-state index in [2.05, 4.69) is 28.8 Å². The minimum absolute atomic E-state index is 0.141. The lowest BCUT2D eigenvalue weighted by Gasteiger charge is -2.25. The predicted octanol–water partition coefficient (Wildman–Crippen LogP) is 3.81. The van der Waals surface area contributed by atoms with Gasteiger partial charge >= 0.3 is 0 Å². The Hall–Kier alpha value is -1.83. The van der Waals surface area contributed by atoms with Crippen molar-refractivity contribution in [1.82, 2.24) is 4.57 Å². The first-order chi connectivity index (χ1) is 9.24. The molecule has 1 unspecified atom stereocenters. The van der Waals surface area contributed by atoms with Gasteiger partial charge in [0.2, 0.25) is 0 Å². The summed E-state index contributed by atoms with van der Waals surface area (Å²) in [5, 5.41) is 0. The average molecular weight is 253 g/mol. The largest absolute Gasteiger partial charge is 0.353 e. The fourth-order valence-electron chi connectivity index (χ4n) is 3.06. The maximum absolute atomic E-state index is 11.3. The summed E-state index contributed by atoms with van der Waals surface area (Å²) in [4.78, 5) is 11.3. The molecule has 1 aliphatic carbocycles. The summed E-state index contributed by atoms with van der Waals surface area (Å²) in [5.74, 6) is 0.722. The van der Waals surface area contributed by atoms with Crippen molar-refractivity contribution in [3.8, 4) is 0 Å². The summed E-state index contributed by atoms with van der Waals surface area (Å²) in [6.45, 7) is 2.60. The lowest BCUT2D eigenvalue weighted by atomic mass is 9.83. The lowest BCUT2D eigenvalue weighted by Crippen LogP contribution is -2.14. The van der Waals surface area contributed by atoms with Gasteiger partial charge in [0, 0.05) is 30.4 Å². The molecule has 1 aromatic carbocycles. The number of hydrogen-bond acceptors (Lipinski definition) is 1. The molecule has 0 saturated carbocycles. The van der Waals surface area contributed by atoms with Gasteiger partial charge in [-0.1, -0.05) is 24.3 Å². The molecule has 0 saturated heterocycles. The standard InChI is InChI=1S/C17H19NO/c1-13(19)15-9-10-18(11-15)12-16-7-4-6-14-5-2-3-8-17(14)16/h2-3,5,8-11,16H,4,6-7,12H2,1H3. The molecule has 2 nitrogen and oxygen atoms in total. The molecule has 1 aliphatic rings. The van der Waals surface area contributed by atoms with E-state index in [9.17, 15) is 4.79 Å². The summed E-state index contributed by atoms with van der Waals surface area (Å²) >= 11 is 0. The van der Waals surface area contributed by atoms with Crippen LogP contribution < -0.4 is 0 Å². The Morgan fingerprint density at radius 2 is 2.16 bits per heavy atom. The zero-order valence-electron chi connectivity index (χ0n) is 11.3. The SMILES string of the molecule is CC(=O)c1ccn(CC2CCCc3ccccc32)c1. The van der Waals surface area contributed by atoms with Crippen LogP contribution in [-0.4, -0.2) is 10.4 Å². The molecule has 0 bridgehead atoms. The zero-order chi connectivity index (χ0) is 13.2. The van der Waals surface area contributed by atoms with Gasteiger partial charge in [-0.05, 0) is 43.4 Å². The van der Waals surface area contributed by atoms with Crippen molar-refractivity contribution in [3.05, 3.63) is 59.4 Å². The molecule has 0 fully saturated rings. The van der Waals surface area contributed by atoms with Crippen LogP contribution >= 0.6 is 0 Å². The number of hydrogen-bond donors (Lipinski definition) is 0. The number of aromatic nitrogens is 1. The number of fused-ring (bicyclic) bond motifs is 1. The summed E-state index contributed by atoms with van der Waals surface area (Å²) in [7, 11) is 0. The van der Waals surface area contributed by atoms with E-state index in [-0.39, 0.29) is 5.78 Å². The molecule has 0 aliphatic heterocycles. The molecule has 19 heavy (non-hydrogen) atoms. The summed E-state index contributed by atoms with van der Waals surface area (Å²) < 4.78 is 2.16. The third-order valence-electron chi connectivity index (χ3n) is 4.08. The van der Waals surface area contributed by atoms with Gasteiger partial charge in [-0.25, -0.2) is 0 Å². The van der Waals surface area contributed by atoms with Gasteiger partial charge in [0.25, 0.3) is 0 Å². The highest BCUT2D eigenvalue weighted by Gasteiger charge is 2.20. The molecule has 2 aromatic rings. The Bertz CT molecular complexity index is 597. The van der Waals surface area contributed by atoms with E-state index in [1.807, 2.05) is 18.5 Å². The van der Waals surface area contributed by atoms with Gasteiger partial charge in [0.05, 0.1) is 0 Å². The number of carbonyl (C=O) groups excluding carboxylic acids is 1. The molecule has 98 valence electrons. The van der Waals surface area contributed by atoms with Crippen molar-refractivity contribution < 1.29 is 4.79 Å². The van der Waals surface area contributed by atoms with E-state index in [0.29, 0.717) is 5.92 Å². The Balaban J connectivity index is 1.82. The highest BCUT2D eigenvalue weighted by molar-refractivity contribution is 5.93. The minimum Gasteiger partial charge on any atom is -0.353 e. The molecule has 1 atom stereocenters. The molecular weight excluding hydrogens is 234 g/mol. The molecule has 0 spiro atoms. The van der Waals surface area contributed by atoms with Crippen molar-refractivity contribution in [2.45, 2.75) is 38.6 Å². The van der Waals surface area contributed by atoms with E-state index in [0.717, 1.165) is 12.1 Å². The Morgan fingerprint density at radius 1 is 1.32 bits per heavy atom. The first-order valence-electron chi connectivity index (χ1n) is 6.98. The van der Waals surface area contributed by atoms with E-state index in [4.69, 9.17) is 0 Å². The lowest BCUT2D eigenvalue weighted by molar-refractivity contribution is 0.101. The first kappa shape index (κ1) is 12.2. The molecule has 2 heteroatoms. The minimum atomic E-state index is 0.141. The molecule has 1 heterocycles. The fourth-order valence-corrected chi connectivity index (χ4v) is 3.06. The molecule has 1 aromatic heterocycles. The topological polar surface area (TPSA) is 22.0 Å². The fraction of sp³-hybridized carbons (Fsp3) is 0.353. The normalized spacial score (nSPS) is 18.1. The Morgan fingerprint density at radius 3 is 2.95 bits per heavy atom.